The zero-order valence-corrected chi connectivity index (χ0v) is 11.5. The molecular weight excluding hydrogens is 250 g/mol. The lowest BCUT2D eigenvalue weighted by Crippen LogP contribution is -2.29. The van der Waals surface area contributed by atoms with E-state index in [4.69, 9.17) is 16.3 Å². The maximum atomic E-state index is 11.4. The highest BCUT2D eigenvalue weighted by molar-refractivity contribution is 6.29. The maximum absolute atomic E-state index is 11.4. The molecule has 0 radical (unpaired) electrons. The van der Waals surface area contributed by atoms with E-state index in [0.29, 0.717) is 16.7 Å². The normalized spacial score (nSPS) is 10.2. The number of hydrogen-bond donors (Lipinski definition) is 1. The summed E-state index contributed by atoms with van der Waals surface area (Å²) < 4.78 is 5.41. The Morgan fingerprint density at radius 2 is 2.22 bits per heavy atom. The number of amides is 1. The van der Waals surface area contributed by atoms with E-state index in [2.05, 4.69) is 25.7 Å². The summed E-state index contributed by atoms with van der Waals surface area (Å²) in [6.07, 6.45) is 0. The Kier molecular flexibility index (Phi) is 5.72. The molecule has 1 rings (SSSR count). The molecule has 0 bridgehead atoms. The molecule has 0 unspecified atom stereocenters. The van der Waals surface area contributed by atoms with E-state index in [0.717, 1.165) is 0 Å². The van der Waals surface area contributed by atoms with Crippen LogP contribution in [0, 0.1) is 0 Å². The number of carbonyl (C=O) groups excluding carboxylic acids is 1. The van der Waals surface area contributed by atoms with E-state index >= 15 is 0 Å². The summed E-state index contributed by atoms with van der Waals surface area (Å²) in [6, 6.07) is 7.73. The molecule has 1 N–H and O–H groups in total. The molecule has 18 heavy (non-hydrogen) atoms. The first-order valence-electron chi connectivity index (χ1n) is 5.81. The molecule has 0 spiro atoms. The second-order valence-corrected chi connectivity index (χ2v) is 4.84. The van der Waals surface area contributed by atoms with Crippen molar-refractivity contribution in [3.05, 3.63) is 41.4 Å². The Morgan fingerprint density at radius 3 is 2.83 bits per heavy atom. The van der Waals surface area contributed by atoms with Gasteiger partial charge in [-0.2, -0.15) is 0 Å². The van der Waals surface area contributed by atoms with Crippen LogP contribution in [0.2, 0.25) is 0 Å². The van der Waals surface area contributed by atoms with Crippen molar-refractivity contribution in [1.29, 1.82) is 0 Å². The van der Waals surface area contributed by atoms with Gasteiger partial charge < -0.3 is 10.1 Å². The van der Waals surface area contributed by atoms with Crippen molar-refractivity contribution in [3.8, 4) is 5.75 Å². The summed E-state index contributed by atoms with van der Waals surface area (Å²) >= 11 is 5.54. The molecule has 4 heteroatoms. The van der Waals surface area contributed by atoms with Crippen LogP contribution in [0.3, 0.4) is 0 Å². The lowest BCUT2D eigenvalue weighted by molar-refractivity contribution is -0.122. The predicted octanol–water partition coefficient (Wildman–Crippen LogP) is 3.06. The molecule has 0 aliphatic carbocycles. The minimum atomic E-state index is -0.216. The van der Waals surface area contributed by atoms with E-state index < -0.39 is 0 Å². The molecule has 0 saturated heterocycles. The summed E-state index contributed by atoms with van der Waals surface area (Å²) in [6.45, 7) is 7.94. The fourth-order valence-electron chi connectivity index (χ4n) is 1.36. The Hall–Kier alpha value is -1.48. The van der Waals surface area contributed by atoms with E-state index in [1.807, 2.05) is 24.3 Å². The number of hydrogen-bond acceptors (Lipinski definition) is 2. The molecule has 0 atom stereocenters. The van der Waals surface area contributed by atoms with Gasteiger partial charge in [0.1, 0.15) is 5.75 Å². The zero-order chi connectivity index (χ0) is 13.5. The summed E-state index contributed by atoms with van der Waals surface area (Å²) in [5.41, 5.74) is 1.18. The monoisotopic (exact) mass is 267 g/mol. The minimum Gasteiger partial charge on any atom is -0.484 e. The zero-order valence-electron chi connectivity index (χ0n) is 10.7. The van der Waals surface area contributed by atoms with Gasteiger partial charge in [0.15, 0.2) is 6.61 Å². The number of nitrogens with one attached hydrogen (secondary N) is 1. The average Bonchev–Trinajstić information content (AvgIpc) is 2.34. The van der Waals surface area contributed by atoms with Crippen molar-refractivity contribution in [2.75, 3.05) is 13.2 Å². The first kappa shape index (κ1) is 14.6. The Balaban J connectivity index is 2.45. The average molecular weight is 268 g/mol. The lowest BCUT2D eigenvalue weighted by Gasteiger charge is -2.10. The predicted molar refractivity (Wildman–Crippen MR) is 74.0 cm³/mol. The molecule has 1 amide bonds. The van der Waals surface area contributed by atoms with Crippen LogP contribution < -0.4 is 10.1 Å². The molecule has 98 valence electrons. The molecule has 0 aliphatic heterocycles. The van der Waals surface area contributed by atoms with Crippen LogP contribution in [0.5, 0.6) is 5.75 Å². The third-order valence-electron chi connectivity index (χ3n) is 2.37. The lowest BCUT2D eigenvalue weighted by atomic mass is 10.0. The fraction of sp³-hybridized carbons (Fsp3) is 0.357. The van der Waals surface area contributed by atoms with Crippen LogP contribution in [-0.2, 0) is 4.79 Å². The topological polar surface area (TPSA) is 38.3 Å². The van der Waals surface area contributed by atoms with E-state index in [-0.39, 0.29) is 19.1 Å². The molecule has 0 aliphatic rings. The minimum absolute atomic E-state index is 0.0221. The van der Waals surface area contributed by atoms with Crippen molar-refractivity contribution < 1.29 is 9.53 Å². The Morgan fingerprint density at radius 1 is 1.50 bits per heavy atom. The molecule has 3 nitrogen and oxygen atoms in total. The van der Waals surface area contributed by atoms with Crippen LogP contribution in [-0.4, -0.2) is 19.1 Å². The van der Waals surface area contributed by atoms with Gasteiger partial charge >= 0.3 is 0 Å². The Labute approximate surface area is 113 Å². The number of benzene rings is 1. The van der Waals surface area contributed by atoms with Crippen molar-refractivity contribution in [2.45, 2.75) is 19.8 Å². The van der Waals surface area contributed by atoms with Crippen LogP contribution in [0.15, 0.2) is 35.9 Å². The van der Waals surface area contributed by atoms with Crippen LogP contribution in [0.1, 0.15) is 25.3 Å². The van der Waals surface area contributed by atoms with Crippen molar-refractivity contribution in [3.63, 3.8) is 0 Å². The van der Waals surface area contributed by atoms with Crippen LogP contribution in [0.4, 0.5) is 0 Å². The van der Waals surface area contributed by atoms with Crippen molar-refractivity contribution in [1.82, 2.24) is 5.32 Å². The number of ether oxygens (including phenoxy) is 1. The Bertz CT molecular complexity index is 430. The highest BCUT2D eigenvalue weighted by Crippen LogP contribution is 2.19. The SMILES string of the molecule is C=C(Cl)CNC(=O)COc1cccc(C(C)C)c1. The van der Waals surface area contributed by atoms with Gasteiger partial charge in [0.25, 0.3) is 5.91 Å². The standard InChI is InChI=1S/C14H18ClNO2/c1-10(2)12-5-4-6-13(7-12)18-9-14(17)16-8-11(3)15/h4-7,10H,3,8-9H2,1-2H3,(H,16,17). The van der Waals surface area contributed by atoms with Gasteiger partial charge in [-0.05, 0) is 23.6 Å². The van der Waals surface area contributed by atoms with Gasteiger partial charge in [0, 0.05) is 5.03 Å². The summed E-state index contributed by atoms with van der Waals surface area (Å²) in [5, 5.41) is 2.99. The van der Waals surface area contributed by atoms with Gasteiger partial charge in [-0.15, -0.1) is 0 Å². The quantitative estimate of drug-likeness (QED) is 0.860. The fourth-order valence-corrected chi connectivity index (χ4v) is 1.42. The van der Waals surface area contributed by atoms with Crippen molar-refractivity contribution in [2.24, 2.45) is 0 Å². The second-order valence-electron chi connectivity index (χ2n) is 4.31. The molecule has 1 aromatic carbocycles. The summed E-state index contributed by atoms with van der Waals surface area (Å²) in [7, 11) is 0. The molecule has 1 aromatic rings. The summed E-state index contributed by atoms with van der Waals surface area (Å²) in [5.74, 6) is 0.912. The molecule has 0 saturated carbocycles. The highest BCUT2D eigenvalue weighted by Gasteiger charge is 2.04. The number of rotatable bonds is 6. The maximum Gasteiger partial charge on any atom is 0.258 e. The third kappa shape index (κ3) is 5.23. The van der Waals surface area contributed by atoms with Gasteiger partial charge in [0.05, 0.1) is 6.54 Å². The molecule has 0 aromatic heterocycles. The molecule has 0 fully saturated rings. The van der Waals surface area contributed by atoms with E-state index in [9.17, 15) is 4.79 Å². The van der Waals surface area contributed by atoms with Crippen LogP contribution >= 0.6 is 11.6 Å². The van der Waals surface area contributed by atoms with Crippen LogP contribution in [0.25, 0.3) is 0 Å². The largest absolute Gasteiger partial charge is 0.484 e. The summed E-state index contributed by atoms with van der Waals surface area (Å²) in [4.78, 5) is 11.4. The first-order valence-corrected chi connectivity index (χ1v) is 6.19. The van der Waals surface area contributed by atoms with Gasteiger partial charge in [-0.25, -0.2) is 0 Å². The van der Waals surface area contributed by atoms with E-state index in [1.54, 1.807) is 0 Å². The number of carbonyl (C=O) groups is 1. The van der Waals surface area contributed by atoms with Gasteiger partial charge in [0.2, 0.25) is 0 Å². The third-order valence-corrected chi connectivity index (χ3v) is 2.51. The van der Waals surface area contributed by atoms with Gasteiger partial charge in [-0.1, -0.05) is 44.2 Å². The smallest absolute Gasteiger partial charge is 0.258 e. The number of halogens is 1. The molecular formula is C14H18ClNO2. The van der Waals surface area contributed by atoms with Crippen molar-refractivity contribution >= 4 is 17.5 Å². The molecule has 0 heterocycles. The first-order chi connectivity index (χ1) is 8.49. The van der Waals surface area contributed by atoms with Gasteiger partial charge in [-0.3, -0.25) is 4.79 Å². The second kappa shape index (κ2) is 7.07. The van der Waals surface area contributed by atoms with E-state index in [1.165, 1.54) is 5.56 Å². The highest BCUT2D eigenvalue weighted by atomic mass is 35.5.